The molecule has 10 N–H and O–H groups in total. The molecule has 2 aliphatic rings. The maximum absolute atomic E-state index is 12.6. The molecule has 238 valence electrons. The van der Waals surface area contributed by atoms with Crippen molar-refractivity contribution in [1.29, 1.82) is 0 Å². The number of esters is 1. The van der Waals surface area contributed by atoms with Gasteiger partial charge >= 0.3 is 158 Å². The SMILES string of the molecule is Nc1ccn([C@@H]2O[C@H](COC(=O)[C@@H](O)[C@@H](O)[C@@H]3O[C@@](O)(CO)C[C@H](O)[C@H]3NC(=O)CCC(=O)C#P=O)[C@@H](O)[C@H]2O)c(=O)n1. The molecule has 43 heavy (non-hydrogen) atoms. The summed E-state index contributed by atoms with van der Waals surface area (Å²) in [6.07, 6.45) is -15.0. The number of anilines is 1. The van der Waals surface area contributed by atoms with E-state index in [9.17, 15) is 59.5 Å². The number of nitrogens with zero attached hydrogens (tertiary/aromatic N) is 2. The van der Waals surface area contributed by atoms with Crippen LogP contribution in [-0.2, 0) is 33.2 Å². The Labute approximate surface area is 242 Å². The molecule has 1 aromatic heterocycles. The number of ketones is 1. The van der Waals surface area contributed by atoms with E-state index >= 15 is 0 Å². The van der Waals surface area contributed by atoms with Crippen molar-refractivity contribution in [2.75, 3.05) is 18.9 Å². The minimum absolute atomic E-state index is 0.107. The number of carbonyl (C=O) groups is 3. The Kier molecular flexibility index (Phi) is 11.7. The maximum Gasteiger partial charge on any atom is 0.351 e. The first-order valence-electron chi connectivity index (χ1n) is 12.7. The van der Waals surface area contributed by atoms with E-state index in [4.69, 9.17) is 19.9 Å². The van der Waals surface area contributed by atoms with E-state index in [1.54, 1.807) is 0 Å². The van der Waals surface area contributed by atoms with E-state index in [0.29, 0.717) is 0 Å². The van der Waals surface area contributed by atoms with E-state index in [1.807, 2.05) is 5.63 Å². The third-order valence-corrected chi connectivity index (χ3v) is 7.07. The van der Waals surface area contributed by atoms with Crippen LogP contribution in [0.4, 0.5) is 5.82 Å². The Morgan fingerprint density at radius 1 is 1.26 bits per heavy atom. The van der Waals surface area contributed by atoms with Crippen LogP contribution in [0.15, 0.2) is 17.1 Å². The van der Waals surface area contributed by atoms with E-state index in [2.05, 4.69) is 10.3 Å². The molecule has 3 rings (SSSR count). The Bertz CT molecular complexity index is 1360. The average Bonchev–Trinajstić information content (AvgIpc) is 3.24. The van der Waals surface area contributed by atoms with Crippen molar-refractivity contribution < 1.29 is 68.9 Å². The molecule has 1 aromatic rings. The molecule has 0 saturated carbocycles. The van der Waals surface area contributed by atoms with Crippen LogP contribution in [0.3, 0.4) is 0 Å². The minimum Gasteiger partial charge on any atom is -0.387 e. The van der Waals surface area contributed by atoms with Gasteiger partial charge in [-0.15, -0.1) is 0 Å². The van der Waals surface area contributed by atoms with Gasteiger partial charge in [-0.05, 0) is 6.07 Å². The molecule has 0 aliphatic carbocycles. The predicted octanol–water partition coefficient (Wildman–Crippen LogP) is -5.37. The molecular weight excluding hydrogens is 603 g/mol. The zero-order chi connectivity index (χ0) is 32.1. The number of ether oxygens (including phenoxy) is 3. The van der Waals surface area contributed by atoms with Crippen LogP contribution in [0.2, 0.25) is 0 Å². The number of hydrogen-bond acceptors (Lipinski definition) is 17. The fourth-order valence-corrected chi connectivity index (χ4v) is 4.70. The zero-order valence-corrected chi connectivity index (χ0v) is 23.1. The molecule has 20 heteroatoms. The van der Waals surface area contributed by atoms with Crippen molar-refractivity contribution in [2.45, 2.75) is 80.0 Å². The topological polar surface area (TPSA) is 311 Å². The molecule has 0 radical (unpaired) electrons. The third kappa shape index (κ3) is 8.31. The third-order valence-electron chi connectivity index (χ3n) is 6.73. The number of nitrogens with two attached hydrogens (primary N) is 1. The normalized spacial score (nSPS) is 31.8. The molecule has 19 nitrogen and oxygen atoms in total. The number of rotatable bonds is 11. The molecule has 10 atom stereocenters. The minimum atomic E-state index is -2.46. The van der Waals surface area contributed by atoms with Gasteiger partial charge in [0.2, 0.25) is 0 Å². The first-order chi connectivity index (χ1) is 20.2. The van der Waals surface area contributed by atoms with Crippen LogP contribution in [-0.4, -0.2) is 131 Å². The number of amides is 1. The summed E-state index contributed by atoms with van der Waals surface area (Å²) >= 11 is 0. The van der Waals surface area contributed by atoms with Crippen LogP contribution in [0.5, 0.6) is 0 Å². The molecule has 2 fully saturated rings. The molecule has 0 aromatic carbocycles. The van der Waals surface area contributed by atoms with Crippen molar-refractivity contribution in [3.63, 3.8) is 0 Å². The monoisotopic (exact) mass is 634 g/mol. The molecule has 0 spiro atoms. The number of aromatic nitrogens is 2. The molecule has 2 saturated heterocycles. The van der Waals surface area contributed by atoms with Gasteiger partial charge in [0.15, 0.2) is 6.23 Å². The van der Waals surface area contributed by atoms with E-state index < -0.39 is 125 Å². The predicted molar refractivity (Wildman–Crippen MR) is 137 cm³/mol. The number of aliphatic hydroxyl groups excluding tert-OH is 6. The quantitative estimate of drug-likeness (QED) is 0.0810. The van der Waals surface area contributed by atoms with Crippen molar-refractivity contribution in [1.82, 2.24) is 14.9 Å². The molecule has 1 amide bonds. The van der Waals surface area contributed by atoms with Crippen LogP contribution in [0.1, 0.15) is 25.5 Å². The van der Waals surface area contributed by atoms with Crippen LogP contribution in [0, 0.1) is 5.63 Å². The largest absolute Gasteiger partial charge is 0.387 e. The second-order valence-electron chi connectivity index (χ2n) is 9.83. The number of Topliss-reactive ketones (excluding diaryl/α,β-unsaturated/α-hetero) is 1. The van der Waals surface area contributed by atoms with Crippen molar-refractivity contribution >= 4 is 31.4 Å². The molecular formula is C23H31N4O15P. The number of hydrogen-bond donors (Lipinski definition) is 9. The van der Waals surface area contributed by atoms with Gasteiger partial charge in [0.1, 0.15) is 30.7 Å². The van der Waals surface area contributed by atoms with Gasteiger partial charge < -0.3 is 20.7 Å². The maximum atomic E-state index is 12.6. The molecule has 3 heterocycles. The van der Waals surface area contributed by atoms with Gasteiger partial charge in [-0.2, -0.15) is 4.98 Å². The number of nitrogens with one attached hydrogen (secondary N) is 1. The zero-order valence-electron chi connectivity index (χ0n) is 22.2. The van der Waals surface area contributed by atoms with Crippen molar-refractivity contribution in [3.05, 3.63) is 22.7 Å². The van der Waals surface area contributed by atoms with Gasteiger partial charge in [-0.25, -0.2) is 4.79 Å². The number of aliphatic hydroxyl groups is 7. The van der Waals surface area contributed by atoms with Gasteiger partial charge in [0.05, 0.1) is 0 Å². The second kappa shape index (κ2) is 14.6. The van der Waals surface area contributed by atoms with Crippen molar-refractivity contribution in [3.8, 4) is 5.63 Å². The Hall–Kier alpha value is -3.06. The first-order valence-corrected chi connectivity index (χ1v) is 13.5. The molecule has 2 aliphatic heterocycles. The summed E-state index contributed by atoms with van der Waals surface area (Å²) in [5.41, 5.74) is 6.44. The summed E-state index contributed by atoms with van der Waals surface area (Å²) < 4.78 is 26.8. The summed E-state index contributed by atoms with van der Waals surface area (Å²) in [6.45, 7) is -1.88. The standard InChI is InChI=1S/C23H31N4O15P/c24-12-3-4-27(22(37)25-12)20-17(34)15(32)11(41-20)6-40-21(36)18(35)16(33)19-14(10(30)5-23(38,8-28)42-19)26-13(31)2-1-9(29)7-43-39/h3-4,10-11,14-20,28,30,32-35,38H,1-2,5-6,8H2,(H,26,31)(H2,24,25,37)/t10-,11+,14+,15+,16+,17+,18-,19+,20+,23+/m0/s1. The Morgan fingerprint density at radius 2 is 1.95 bits per heavy atom. The van der Waals surface area contributed by atoms with Gasteiger partial charge in [0.25, 0.3) is 0 Å². The van der Waals surface area contributed by atoms with E-state index in [1.165, 1.54) is 6.07 Å². The van der Waals surface area contributed by atoms with Gasteiger partial charge in [-0.1, -0.05) is 0 Å². The fourth-order valence-electron chi connectivity index (χ4n) is 4.49. The summed E-state index contributed by atoms with van der Waals surface area (Å²) in [7, 11) is -0.685. The summed E-state index contributed by atoms with van der Waals surface area (Å²) in [5.74, 6) is -5.70. The van der Waals surface area contributed by atoms with Gasteiger partial charge in [-0.3, -0.25) is 4.57 Å². The summed E-state index contributed by atoms with van der Waals surface area (Å²) in [5, 5.41) is 74.6. The second-order valence-corrected chi connectivity index (χ2v) is 10.2. The molecule has 0 unspecified atom stereocenters. The smallest absolute Gasteiger partial charge is 0.351 e. The Balaban J connectivity index is 1.67. The van der Waals surface area contributed by atoms with E-state index in [-0.39, 0.29) is 5.82 Å². The van der Waals surface area contributed by atoms with E-state index in [0.717, 1.165) is 10.8 Å². The number of carbonyl (C=O) groups excluding carboxylic acids is 3. The van der Waals surface area contributed by atoms with Crippen molar-refractivity contribution in [2.24, 2.45) is 0 Å². The summed E-state index contributed by atoms with van der Waals surface area (Å²) in [6, 6.07) is -0.349. The summed E-state index contributed by atoms with van der Waals surface area (Å²) in [4.78, 5) is 52.0. The average molecular weight is 634 g/mol. The fraction of sp³-hybridized carbons (Fsp3) is 0.652. The van der Waals surface area contributed by atoms with Crippen LogP contribution >= 0.6 is 7.92 Å². The first kappa shape index (κ1) is 34.4. The van der Waals surface area contributed by atoms with Crippen LogP contribution in [0.25, 0.3) is 0 Å². The Morgan fingerprint density at radius 3 is 2.58 bits per heavy atom. The van der Waals surface area contributed by atoms with Crippen LogP contribution < -0.4 is 16.7 Å². The molecule has 0 bridgehead atoms. The van der Waals surface area contributed by atoms with Gasteiger partial charge in [0, 0.05) is 6.20 Å². The number of nitrogen functional groups attached to an aromatic ring is 1.